The minimum absolute atomic E-state index is 0.532. The van der Waals surface area contributed by atoms with Crippen molar-refractivity contribution in [3.63, 3.8) is 0 Å². The molecule has 1 nitrogen and oxygen atoms in total. The molecule has 0 bridgehead atoms. The molecule has 0 radical (unpaired) electrons. The highest BCUT2D eigenvalue weighted by Crippen LogP contribution is 2.71. The molecule has 4 atom stereocenters. The van der Waals surface area contributed by atoms with E-state index >= 15 is 0 Å². The second kappa shape index (κ2) is 2.01. The third-order valence-electron chi connectivity index (χ3n) is 4.19. The number of nitrogens with two attached hydrogens (primary N) is 1. The molecule has 2 aliphatic carbocycles. The molecule has 1 heteroatoms. The molecule has 1 spiro atoms. The van der Waals surface area contributed by atoms with Crippen LogP contribution in [0.2, 0.25) is 0 Å². The van der Waals surface area contributed by atoms with Crippen LogP contribution in [0.3, 0.4) is 0 Å². The zero-order valence-electron chi connectivity index (χ0n) is 7.80. The van der Waals surface area contributed by atoms with Crippen molar-refractivity contribution in [3.05, 3.63) is 0 Å². The molecule has 0 saturated heterocycles. The summed E-state index contributed by atoms with van der Waals surface area (Å²) in [5, 5.41) is 0. The Kier molecular flexibility index (Phi) is 1.39. The Hall–Kier alpha value is -0.0400. The standard InChI is InChI=1S/C10H19N/c1-6(2)9-7(3)10(9)5-4-8(10)11/h6-9H,4-5,11H2,1-3H3/t7-,8-,9+,10?/m1/s1. The van der Waals surface area contributed by atoms with Crippen LogP contribution in [0.1, 0.15) is 33.6 Å². The van der Waals surface area contributed by atoms with Crippen LogP contribution in [-0.4, -0.2) is 6.04 Å². The Morgan fingerprint density at radius 1 is 1.45 bits per heavy atom. The van der Waals surface area contributed by atoms with Crippen LogP contribution in [0.5, 0.6) is 0 Å². The molecule has 2 fully saturated rings. The first kappa shape index (κ1) is 7.60. The van der Waals surface area contributed by atoms with Gasteiger partial charge in [0.1, 0.15) is 0 Å². The fourth-order valence-corrected chi connectivity index (χ4v) is 3.51. The third-order valence-corrected chi connectivity index (χ3v) is 4.19. The van der Waals surface area contributed by atoms with Crippen molar-refractivity contribution in [1.82, 2.24) is 0 Å². The highest BCUT2D eigenvalue weighted by atomic mass is 14.9. The van der Waals surface area contributed by atoms with Crippen molar-refractivity contribution < 1.29 is 0 Å². The quantitative estimate of drug-likeness (QED) is 0.612. The predicted octanol–water partition coefficient (Wildman–Crippen LogP) is 2.02. The molecule has 11 heavy (non-hydrogen) atoms. The lowest BCUT2D eigenvalue weighted by molar-refractivity contribution is 0.179. The van der Waals surface area contributed by atoms with E-state index in [4.69, 9.17) is 5.73 Å². The summed E-state index contributed by atoms with van der Waals surface area (Å²) in [5.74, 6) is 2.69. The van der Waals surface area contributed by atoms with Gasteiger partial charge < -0.3 is 5.73 Å². The van der Waals surface area contributed by atoms with Crippen LogP contribution >= 0.6 is 0 Å². The van der Waals surface area contributed by atoms with E-state index in [9.17, 15) is 0 Å². The first-order valence-electron chi connectivity index (χ1n) is 4.86. The molecule has 0 amide bonds. The van der Waals surface area contributed by atoms with Crippen LogP contribution < -0.4 is 5.73 Å². The van der Waals surface area contributed by atoms with Gasteiger partial charge in [-0.3, -0.25) is 0 Å². The van der Waals surface area contributed by atoms with Gasteiger partial charge in [0.25, 0.3) is 0 Å². The van der Waals surface area contributed by atoms with Crippen LogP contribution in [0.15, 0.2) is 0 Å². The summed E-state index contributed by atoms with van der Waals surface area (Å²) in [7, 11) is 0. The van der Waals surface area contributed by atoms with E-state index in [1.54, 1.807) is 0 Å². The number of rotatable bonds is 1. The Balaban J connectivity index is 2.08. The number of hydrogen-bond donors (Lipinski definition) is 1. The van der Waals surface area contributed by atoms with E-state index in [1.165, 1.54) is 12.8 Å². The van der Waals surface area contributed by atoms with Crippen molar-refractivity contribution in [1.29, 1.82) is 0 Å². The van der Waals surface area contributed by atoms with Gasteiger partial charge in [-0.2, -0.15) is 0 Å². The van der Waals surface area contributed by atoms with Gasteiger partial charge in [-0.25, -0.2) is 0 Å². The summed E-state index contributed by atoms with van der Waals surface area (Å²) in [4.78, 5) is 0. The van der Waals surface area contributed by atoms with Gasteiger partial charge >= 0.3 is 0 Å². The zero-order chi connectivity index (χ0) is 8.22. The third kappa shape index (κ3) is 0.703. The van der Waals surface area contributed by atoms with Crippen molar-refractivity contribution in [3.8, 4) is 0 Å². The van der Waals surface area contributed by atoms with E-state index in [-0.39, 0.29) is 0 Å². The van der Waals surface area contributed by atoms with Crippen molar-refractivity contribution in [2.75, 3.05) is 0 Å². The summed E-state index contributed by atoms with van der Waals surface area (Å²) < 4.78 is 0. The molecule has 64 valence electrons. The van der Waals surface area contributed by atoms with Crippen molar-refractivity contribution in [2.45, 2.75) is 39.7 Å². The minimum atomic E-state index is 0.532. The smallest absolute Gasteiger partial charge is 0.0101 e. The summed E-state index contributed by atoms with van der Waals surface area (Å²) in [6.07, 6.45) is 2.67. The molecule has 0 aromatic carbocycles. The first-order chi connectivity index (χ1) is 5.10. The van der Waals surface area contributed by atoms with Gasteiger partial charge in [0.15, 0.2) is 0 Å². The van der Waals surface area contributed by atoms with Gasteiger partial charge in [0.2, 0.25) is 0 Å². The maximum Gasteiger partial charge on any atom is 0.0101 e. The van der Waals surface area contributed by atoms with Crippen LogP contribution in [0, 0.1) is 23.2 Å². The maximum atomic E-state index is 6.04. The molecule has 0 heterocycles. The minimum Gasteiger partial charge on any atom is -0.327 e. The average Bonchev–Trinajstić information content (AvgIpc) is 2.56. The molecule has 2 aliphatic rings. The maximum absolute atomic E-state index is 6.04. The fourth-order valence-electron chi connectivity index (χ4n) is 3.51. The molecular weight excluding hydrogens is 134 g/mol. The van der Waals surface area contributed by atoms with Gasteiger partial charge in [0.05, 0.1) is 0 Å². The lowest BCUT2D eigenvalue weighted by Gasteiger charge is -2.37. The van der Waals surface area contributed by atoms with Gasteiger partial charge in [-0.15, -0.1) is 0 Å². The summed E-state index contributed by atoms with van der Waals surface area (Å²) >= 11 is 0. The molecular formula is C10H19N. The molecule has 1 unspecified atom stereocenters. The molecule has 0 aromatic rings. The fraction of sp³-hybridized carbons (Fsp3) is 1.00. The Morgan fingerprint density at radius 3 is 2.18 bits per heavy atom. The van der Waals surface area contributed by atoms with E-state index in [0.717, 1.165) is 17.8 Å². The monoisotopic (exact) mass is 153 g/mol. The summed E-state index contributed by atoms with van der Waals surface area (Å²) in [6.45, 7) is 7.05. The normalized spacial score (nSPS) is 54.8. The van der Waals surface area contributed by atoms with E-state index in [0.29, 0.717) is 11.5 Å². The van der Waals surface area contributed by atoms with Crippen molar-refractivity contribution in [2.24, 2.45) is 28.9 Å². The van der Waals surface area contributed by atoms with E-state index in [2.05, 4.69) is 20.8 Å². The van der Waals surface area contributed by atoms with Crippen LogP contribution in [0.25, 0.3) is 0 Å². The van der Waals surface area contributed by atoms with E-state index < -0.39 is 0 Å². The topological polar surface area (TPSA) is 26.0 Å². The highest BCUT2D eigenvalue weighted by Gasteiger charge is 2.69. The van der Waals surface area contributed by atoms with E-state index in [1.807, 2.05) is 0 Å². The second-order valence-electron chi connectivity index (χ2n) is 4.82. The average molecular weight is 153 g/mol. The zero-order valence-corrected chi connectivity index (χ0v) is 7.80. The SMILES string of the molecule is CC(C)[C@H]1[C@@H](C)C12CC[C@H]2N. The highest BCUT2D eigenvalue weighted by molar-refractivity contribution is 5.19. The van der Waals surface area contributed by atoms with Gasteiger partial charge in [-0.1, -0.05) is 20.8 Å². The largest absolute Gasteiger partial charge is 0.327 e. The van der Waals surface area contributed by atoms with Gasteiger partial charge in [-0.05, 0) is 36.0 Å². The van der Waals surface area contributed by atoms with Crippen LogP contribution in [0.4, 0.5) is 0 Å². The summed E-state index contributed by atoms with van der Waals surface area (Å²) in [5.41, 5.74) is 6.64. The summed E-state index contributed by atoms with van der Waals surface area (Å²) in [6, 6.07) is 0.532. The Labute approximate surface area is 69.4 Å². The predicted molar refractivity (Wildman–Crippen MR) is 47.1 cm³/mol. The Bertz CT molecular complexity index is 176. The Morgan fingerprint density at radius 2 is 2.09 bits per heavy atom. The molecule has 2 saturated carbocycles. The molecule has 2 N–H and O–H groups in total. The lowest BCUT2D eigenvalue weighted by Crippen LogP contribution is -2.43. The first-order valence-corrected chi connectivity index (χ1v) is 4.86. The molecule has 0 aliphatic heterocycles. The van der Waals surface area contributed by atoms with Gasteiger partial charge in [0, 0.05) is 6.04 Å². The lowest BCUT2D eigenvalue weighted by atomic mass is 9.72. The second-order valence-corrected chi connectivity index (χ2v) is 4.82. The van der Waals surface area contributed by atoms with Crippen LogP contribution in [-0.2, 0) is 0 Å². The number of hydrogen-bond acceptors (Lipinski definition) is 1. The molecule has 2 rings (SSSR count). The molecule has 0 aromatic heterocycles. The van der Waals surface area contributed by atoms with Crippen molar-refractivity contribution >= 4 is 0 Å².